The molecule has 1 aliphatic heterocycles. The molecule has 2 rings (SSSR count). The molecule has 0 radical (unpaired) electrons. The summed E-state index contributed by atoms with van der Waals surface area (Å²) in [7, 11) is 0. The summed E-state index contributed by atoms with van der Waals surface area (Å²) in [5.41, 5.74) is 1.11. The van der Waals surface area contributed by atoms with Gasteiger partial charge in [0.05, 0.1) is 0 Å². The Morgan fingerprint density at radius 2 is 2.13 bits per heavy atom. The molecule has 15 heavy (non-hydrogen) atoms. The van der Waals surface area contributed by atoms with E-state index < -0.39 is 6.23 Å². The maximum Gasteiger partial charge on any atom is 0.158 e. The summed E-state index contributed by atoms with van der Waals surface area (Å²) in [6.45, 7) is 0.775. The van der Waals surface area contributed by atoms with E-state index in [1.54, 1.807) is 4.90 Å². The standard InChI is InChI=1S/C11H14N2OS/c12-11-13(6-7-15-11)10(14)8-9-4-2-1-3-5-9/h1-5,10,12,14H,6-8H2. The molecule has 0 amide bonds. The minimum absolute atomic E-state index is 0.485. The molecule has 1 heterocycles. The molecule has 1 aliphatic rings. The van der Waals surface area contributed by atoms with E-state index in [1.165, 1.54) is 11.8 Å². The molecule has 0 aromatic heterocycles. The highest BCUT2D eigenvalue weighted by atomic mass is 32.2. The van der Waals surface area contributed by atoms with E-state index in [-0.39, 0.29) is 0 Å². The van der Waals surface area contributed by atoms with Crippen LogP contribution in [0.5, 0.6) is 0 Å². The van der Waals surface area contributed by atoms with Crippen LogP contribution < -0.4 is 0 Å². The average molecular weight is 222 g/mol. The van der Waals surface area contributed by atoms with Gasteiger partial charge in [-0.1, -0.05) is 42.1 Å². The van der Waals surface area contributed by atoms with Crippen molar-refractivity contribution in [3.63, 3.8) is 0 Å². The van der Waals surface area contributed by atoms with Crippen molar-refractivity contribution in [1.82, 2.24) is 4.90 Å². The second kappa shape index (κ2) is 4.68. The molecule has 1 unspecified atom stereocenters. The van der Waals surface area contributed by atoms with Crippen LogP contribution in [0.1, 0.15) is 5.56 Å². The Hall–Kier alpha value is -1.00. The van der Waals surface area contributed by atoms with Gasteiger partial charge in [-0.05, 0) is 5.56 Å². The smallest absolute Gasteiger partial charge is 0.158 e. The molecule has 1 aromatic rings. The van der Waals surface area contributed by atoms with E-state index in [4.69, 9.17) is 5.41 Å². The minimum Gasteiger partial charge on any atom is -0.373 e. The monoisotopic (exact) mass is 222 g/mol. The Labute approximate surface area is 93.6 Å². The summed E-state index contributed by atoms with van der Waals surface area (Å²) in [5.74, 6) is 0.907. The summed E-state index contributed by atoms with van der Waals surface area (Å²) < 4.78 is 0. The predicted octanol–water partition coefficient (Wildman–Crippen LogP) is 1.53. The van der Waals surface area contributed by atoms with Gasteiger partial charge in [-0.2, -0.15) is 0 Å². The number of hydrogen-bond acceptors (Lipinski definition) is 3. The lowest BCUT2D eigenvalue weighted by Crippen LogP contribution is -2.36. The van der Waals surface area contributed by atoms with Crippen LogP contribution in [0.3, 0.4) is 0 Å². The summed E-state index contributed by atoms with van der Waals surface area (Å²) in [6, 6.07) is 9.88. The number of nitrogens with zero attached hydrogens (tertiary/aromatic N) is 1. The summed E-state index contributed by atoms with van der Waals surface area (Å²) >= 11 is 1.49. The van der Waals surface area contributed by atoms with Gasteiger partial charge in [0.25, 0.3) is 0 Å². The molecule has 0 aliphatic carbocycles. The number of hydrogen-bond donors (Lipinski definition) is 2. The second-order valence-electron chi connectivity index (χ2n) is 3.52. The number of rotatable bonds is 3. The Bertz CT molecular complexity index is 342. The van der Waals surface area contributed by atoms with Crippen LogP contribution in [0.2, 0.25) is 0 Å². The molecule has 1 saturated heterocycles. The molecule has 4 heteroatoms. The van der Waals surface area contributed by atoms with E-state index in [9.17, 15) is 5.11 Å². The third kappa shape index (κ3) is 2.52. The predicted molar refractivity (Wildman–Crippen MR) is 63.0 cm³/mol. The fourth-order valence-corrected chi connectivity index (χ4v) is 2.50. The van der Waals surface area contributed by atoms with Gasteiger partial charge in [0.15, 0.2) is 5.17 Å². The number of amidine groups is 1. The summed E-state index contributed by atoms with van der Waals surface area (Å²) in [6.07, 6.45) is 0.0268. The molecule has 1 fully saturated rings. The number of nitrogens with one attached hydrogen (secondary N) is 1. The van der Waals surface area contributed by atoms with Gasteiger partial charge in [0, 0.05) is 18.7 Å². The maximum absolute atomic E-state index is 9.94. The van der Waals surface area contributed by atoms with Gasteiger partial charge in [-0.25, -0.2) is 0 Å². The first-order valence-electron chi connectivity index (χ1n) is 4.97. The van der Waals surface area contributed by atoms with Crippen molar-refractivity contribution in [2.75, 3.05) is 12.3 Å². The van der Waals surface area contributed by atoms with Crippen molar-refractivity contribution in [2.24, 2.45) is 0 Å². The van der Waals surface area contributed by atoms with Crippen LogP contribution in [0.25, 0.3) is 0 Å². The maximum atomic E-state index is 9.94. The normalized spacial score (nSPS) is 18.2. The van der Waals surface area contributed by atoms with Crippen molar-refractivity contribution in [3.05, 3.63) is 35.9 Å². The molecular weight excluding hydrogens is 208 g/mol. The molecule has 1 atom stereocenters. The highest BCUT2D eigenvalue weighted by Crippen LogP contribution is 2.19. The minimum atomic E-state index is -0.560. The zero-order chi connectivity index (χ0) is 10.7. The highest BCUT2D eigenvalue weighted by molar-refractivity contribution is 8.14. The van der Waals surface area contributed by atoms with E-state index in [0.29, 0.717) is 11.6 Å². The van der Waals surface area contributed by atoms with Gasteiger partial charge in [0.2, 0.25) is 0 Å². The molecule has 0 bridgehead atoms. The van der Waals surface area contributed by atoms with Gasteiger partial charge in [0.1, 0.15) is 6.23 Å². The molecule has 1 aromatic carbocycles. The quantitative estimate of drug-likeness (QED) is 0.815. The van der Waals surface area contributed by atoms with Crippen LogP contribution in [-0.4, -0.2) is 33.7 Å². The van der Waals surface area contributed by atoms with Gasteiger partial charge in [-0.3, -0.25) is 5.41 Å². The molecule has 3 nitrogen and oxygen atoms in total. The number of aliphatic hydroxyl groups excluding tert-OH is 1. The zero-order valence-electron chi connectivity index (χ0n) is 8.39. The van der Waals surface area contributed by atoms with Crippen LogP contribution in [0.4, 0.5) is 0 Å². The summed E-state index contributed by atoms with van der Waals surface area (Å²) in [4.78, 5) is 1.75. The lowest BCUT2D eigenvalue weighted by atomic mass is 10.1. The SMILES string of the molecule is N=C1SCCN1C(O)Cc1ccccc1. The molecule has 2 N–H and O–H groups in total. The summed E-state index contributed by atoms with van der Waals surface area (Å²) in [5, 5.41) is 18.1. The van der Waals surface area contributed by atoms with Crippen LogP contribution in [0.15, 0.2) is 30.3 Å². The van der Waals surface area contributed by atoms with Crippen molar-refractivity contribution >= 4 is 16.9 Å². The van der Waals surface area contributed by atoms with E-state index >= 15 is 0 Å². The third-order valence-electron chi connectivity index (χ3n) is 2.45. The number of benzene rings is 1. The first-order valence-corrected chi connectivity index (χ1v) is 5.96. The largest absolute Gasteiger partial charge is 0.373 e. The Balaban J connectivity index is 1.97. The Kier molecular flexibility index (Phi) is 3.28. The van der Waals surface area contributed by atoms with E-state index in [1.807, 2.05) is 30.3 Å². The first-order chi connectivity index (χ1) is 7.27. The van der Waals surface area contributed by atoms with Crippen LogP contribution in [-0.2, 0) is 6.42 Å². The Morgan fingerprint density at radius 1 is 1.40 bits per heavy atom. The van der Waals surface area contributed by atoms with Crippen molar-refractivity contribution in [2.45, 2.75) is 12.6 Å². The molecular formula is C11H14N2OS. The molecule has 80 valence electrons. The second-order valence-corrected chi connectivity index (χ2v) is 4.60. The lowest BCUT2D eigenvalue weighted by Gasteiger charge is -2.23. The molecule has 0 spiro atoms. The van der Waals surface area contributed by atoms with Gasteiger partial charge in [-0.15, -0.1) is 0 Å². The topological polar surface area (TPSA) is 47.3 Å². The van der Waals surface area contributed by atoms with Crippen molar-refractivity contribution in [3.8, 4) is 0 Å². The van der Waals surface area contributed by atoms with Crippen LogP contribution >= 0.6 is 11.8 Å². The van der Waals surface area contributed by atoms with Gasteiger partial charge >= 0.3 is 0 Å². The van der Waals surface area contributed by atoms with Crippen molar-refractivity contribution < 1.29 is 5.11 Å². The zero-order valence-corrected chi connectivity index (χ0v) is 9.20. The van der Waals surface area contributed by atoms with Gasteiger partial charge < -0.3 is 10.0 Å². The number of thioether (sulfide) groups is 1. The Morgan fingerprint density at radius 3 is 2.73 bits per heavy atom. The fraction of sp³-hybridized carbons (Fsp3) is 0.364. The number of aliphatic hydroxyl groups is 1. The van der Waals surface area contributed by atoms with E-state index in [2.05, 4.69) is 0 Å². The highest BCUT2D eigenvalue weighted by Gasteiger charge is 2.24. The molecule has 0 saturated carbocycles. The third-order valence-corrected chi connectivity index (χ3v) is 3.35. The van der Waals surface area contributed by atoms with Crippen molar-refractivity contribution in [1.29, 1.82) is 5.41 Å². The van der Waals surface area contributed by atoms with Crippen LogP contribution in [0, 0.1) is 5.41 Å². The average Bonchev–Trinajstić information content (AvgIpc) is 2.66. The lowest BCUT2D eigenvalue weighted by molar-refractivity contribution is 0.0616. The first kappa shape index (κ1) is 10.5. The fourth-order valence-electron chi connectivity index (χ4n) is 1.64. The van der Waals surface area contributed by atoms with E-state index in [0.717, 1.165) is 17.9 Å².